The minimum absolute atomic E-state index is 0.649. The largest absolute Gasteiger partial charge is 0.322 e. The summed E-state index contributed by atoms with van der Waals surface area (Å²) >= 11 is 7.67. The highest BCUT2D eigenvalue weighted by Gasteiger charge is 2.10. The number of hydrogen-bond donors (Lipinski definition) is 0. The third-order valence-corrected chi connectivity index (χ3v) is 4.89. The lowest BCUT2D eigenvalue weighted by Gasteiger charge is -2.02. The zero-order valence-electron chi connectivity index (χ0n) is 12.2. The van der Waals surface area contributed by atoms with Crippen LogP contribution in [0, 0.1) is 13.8 Å². The van der Waals surface area contributed by atoms with Crippen LogP contribution in [0.2, 0.25) is 5.15 Å². The molecule has 2 aromatic heterocycles. The number of imidazole rings is 1. The highest BCUT2D eigenvalue weighted by Crippen LogP contribution is 2.25. The van der Waals surface area contributed by atoms with Gasteiger partial charge in [-0.15, -0.1) is 11.3 Å². The topological polar surface area (TPSA) is 30.7 Å². The zero-order chi connectivity index (χ0) is 15.0. The molecule has 1 aromatic carbocycles. The highest BCUT2D eigenvalue weighted by atomic mass is 35.5. The van der Waals surface area contributed by atoms with Crippen LogP contribution in [0.4, 0.5) is 0 Å². The van der Waals surface area contributed by atoms with E-state index in [1.165, 1.54) is 16.7 Å². The van der Waals surface area contributed by atoms with Crippen molar-refractivity contribution in [3.8, 4) is 11.3 Å². The molecule has 3 rings (SSSR count). The molecule has 0 atom stereocenters. The first-order chi connectivity index (χ1) is 10.0. The molecule has 3 nitrogen and oxygen atoms in total. The minimum Gasteiger partial charge on any atom is -0.322 e. The van der Waals surface area contributed by atoms with Crippen molar-refractivity contribution in [2.45, 2.75) is 20.3 Å². The number of aryl methyl sites for hydroxylation is 2. The minimum atomic E-state index is 0.649. The smallest absolute Gasteiger partial charge is 0.128 e. The molecule has 0 fully saturated rings. The lowest BCUT2D eigenvalue weighted by molar-refractivity contribution is 0.820. The highest BCUT2D eigenvalue weighted by molar-refractivity contribution is 7.10. The van der Waals surface area contributed by atoms with E-state index in [1.807, 2.05) is 11.6 Å². The zero-order valence-corrected chi connectivity index (χ0v) is 13.8. The molecule has 0 aliphatic rings. The number of aromatic nitrogens is 3. The Morgan fingerprint density at radius 3 is 2.71 bits per heavy atom. The average Bonchev–Trinajstić information content (AvgIpc) is 3.04. The third kappa shape index (κ3) is 2.87. The van der Waals surface area contributed by atoms with Crippen molar-refractivity contribution < 1.29 is 0 Å². The molecule has 0 saturated carbocycles. The van der Waals surface area contributed by atoms with Crippen LogP contribution in [0.15, 0.2) is 29.8 Å². The molecule has 0 bridgehead atoms. The molecule has 0 spiro atoms. The van der Waals surface area contributed by atoms with Crippen molar-refractivity contribution >= 4 is 22.9 Å². The van der Waals surface area contributed by atoms with Gasteiger partial charge in [0.25, 0.3) is 0 Å². The Balaban J connectivity index is 1.86. The third-order valence-electron chi connectivity index (χ3n) is 3.69. The fourth-order valence-electron chi connectivity index (χ4n) is 2.15. The first kappa shape index (κ1) is 14.3. The molecule has 108 valence electrons. The SMILES string of the molecule is Cc1ccc(-c2csc(Cc3ncc(Cl)n3C)n2)cc1C. The van der Waals surface area contributed by atoms with Crippen molar-refractivity contribution in [3.63, 3.8) is 0 Å². The Kier molecular flexibility index (Phi) is 3.83. The van der Waals surface area contributed by atoms with Gasteiger partial charge in [-0.25, -0.2) is 9.97 Å². The molecule has 0 aliphatic heterocycles. The normalized spacial score (nSPS) is 11.0. The molecule has 0 aliphatic carbocycles. The second kappa shape index (κ2) is 5.62. The van der Waals surface area contributed by atoms with Gasteiger partial charge >= 0.3 is 0 Å². The van der Waals surface area contributed by atoms with Crippen LogP contribution in [0.25, 0.3) is 11.3 Å². The monoisotopic (exact) mass is 317 g/mol. The van der Waals surface area contributed by atoms with Gasteiger partial charge < -0.3 is 4.57 Å². The van der Waals surface area contributed by atoms with Crippen molar-refractivity contribution in [2.75, 3.05) is 0 Å². The standard InChI is InChI=1S/C16H16ClN3S/c1-10-4-5-12(6-11(10)2)13-9-21-16(19-13)7-15-18-8-14(17)20(15)3/h4-6,8-9H,7H2,1-3H3. The van der Waals surface area contributed by atoms with E-state index in [-0.39, 0.29) is 0 Å². The molecule has 0 saturated heterocycles. The second-order valence-corrected chi connectivity index (χ2v) is 6.49. The molecule has 0 amide bonds. The second-order valence-electron chi connectivity index (χ2n) is 5.16. The van der Waals surface area contributed by atoms with E-state index in [2.05, 4.69) is 42.4 Å². The summed E-state index contributed by atoms with van der Waals surface area (Å²) in [7, 11) is 1.92. The van der Waals surface area contributed by atoms with Crippen molar-refractivity contribution in [2.24, 2.45) is 7.05 Å². The number of benzene rings is 1. The molecular weight excluding hydrogens is 302 g/mol. The lowest BCUT2D eigenvalue weighted by Crippen LogP contribution is -1.99. The quantitative estimate of drug-likeness (QED) is 0.716. The van der Waals surface area contributed by atoms with Crippen LogP contribution in [-0.2, 0) is 13.5 Å². The summed E-state index contributed by atoms with van der Waals surface area (Å²) in [5.74, 6) is 0.931. The summed E-state index contributed by atoms with van der Waals surface area (Å²) in [5.41, 5.74) is 4.78. The molecule has 3 aromatic rings. The van der Waals surface area contributed by atoms with E-state index in [9.17, 15) is 0 Å². The van der Waals surface area contributed by atoms with E-state index in [0.717, 1.165) is 16.5 Å². The van der Waals surface area contributed by atoms with Gasteiger partial charge in [-0.05, 0) is 31.0 Å². The Morgan fingerprint density at radius 2 is 2.05 bits per heavy atom. The van der Waals surface area contributed by atoms with Crippen LogP contribution in [0.3, 0.4) is 0 Å². The summed E-state index contributed by atoms with van der Waals surface area (Å²) in [4.78, 5) is 9.04. The molecular formula is C16H16ClN3S. The first-order valence-corrected chi connectivity index (χ1v) is 7.98. The number of thiazole rings is 1. The molecule has 0 unspecified atom stereocenters. The molecule has 21 heavy (non-hydrogen) atoms. The van der Waals surface area contributed by atoms with Crippen molar-refractivity contribution in [1.29, 1.82) is 0 Å². The van der Waals surface area contributed by atoms with E-state index in [4.69, 9.17) is 16.6 Å². The average molecular weight is 318 g/mol. The van der Waals surface area contributed by atoms with Gasteiger partial charge in [0.15, 0.2) is 0 Å². The fourth-order valence-corrected chi connectivity index (χ4v) is 3.10. The number of halogens is 1. The molecule has 2 heterocycles. The maximum atomic E-state index is 6.01. The van der Waals surface area contributed by atoms with E-state index in [1.54, 1.807) is 17.5 Å². The molecule has 0 N–H and O–H groups in total. The predicted molar refractivity (Wildman–Crippen MR) is 88.0 cm³/mol. The van der Waals surface area contributed by atoms with Crippen LogP contribution in [-0.4, -0.2) is 14.5 Å². The Labute approximate surface area is 133 Å². The van der Waals surface area contributed by atoms with Crippen molar-refractivity contribution in [3.05, 3.63) is 56.9 Å². The summed E-state index contributed by atoms with van der Waals surface area (Å²) in [6.07, 6.45) is 2.38. The molecule has 0 radical (unpaired) electrons. The molecule has 5 heteroatoms. The van der Waals surface area contributed by atoms with Crippen LogP contribution >= 0.6 is 22.9 Å². The van der Waals surface area contributed by atoms with Gasteiger partial charge in [0.2, 0.25) is 0 Å². The summed E-state index contributed by atoms with van der Waals surface area (Å²) in [6.45, 7) is 4.25. The Hall–Kier alpha value is -1.65. The van der Waals surface area contributed by atoms with Gasteiger partial charge in [-0.1, -0.05) is 23.7 Å². The number of nitrogens with zero attached hydrogens (tertiary/aromatic N) is 3. The van der Waals surface area contributed by atoms with E-state index < -0.39 is 0 Å². The van der Waals surface area contributed by atoms with Crippen LogP contribution < -0.4 is 0 Å². The first-order valence-electron chi connectivity index (χ1n) is 6.72. The predicted octanol–water partition coefficient (Wildman–Crippen LogP) is 4.40. The maximum absolute atomic E-state index is 6.01. The summed E-state index contributed by atoms with van der Waals surface area (Å²) in [6, 6.07) is 6.45. The van der Waals surface area contributed by atoms with Crippen molar-refractivity contribution in [1.82, 2.24) is 14.5 Å². The van der Waals surface area contributed by atoms with Gasteiger partial charge in [0.1, 0.15) is 16.0 Å². The van der Waals surface area contributed by atoms with Crippen LogP contribution in [0.1, 0.15) is 22.0 Å². The lowest BCUT2D eigenvalue weighted by atomic mass is 10.1. The van der Waals surface area contributed by atoms with Crippen LogP contribution in [0.5, 0.6) is 0 Å². The Bertz CT molecular complexity index is 789. The maximum Gasteiger partial charge on any atom is 0.128 e. The van der Waals surface area contributed by atoms with Gasteiger partial charge in [0.05, 0.1) is 18.3 Å². The fraction of sp³-hybridized carbons (Fsp3) is 0.250. The number of hydrogen-bond acceptors (Lipinski definition) is 3. The van der Waals surface area contributed by atoms with Gasteiger partial charge in [0, 0.05) is 18.0 Å². The summed E-state index contributed by atoms with van der Waals surface area (Å²) < 4.78 is 1.89. The Morgan fingerprint density at radius 1 is 1.24 bits per heavy atom. The van der Waals surface area contributed by atoms with Gasteiger partial charge in [-0.2, -0.15) is 0 Å². The van der Waals surface area contributed by atoms with E-state index in [0.29, 0.717) is 11.6 Å². The van der Waals surface area contributed by atoms with E-state index >= 15 is 0 Å². The van der Waals surface area contributed by atoms with Gasteiger partial charge in [-0.3, -0.25) is 0 Å². The number of rotatable bonds is 3. The summed E-state index contributed by atoms with van der Waals surface area (Å²) in [5, 5.41) is 3.80.